The number of halogens is 2. The van der Waals surface area contributed by atoms with Crippen molar-refractivity contribution in [2.45, 2.75) is 0 Å². The minimum absolute atomic E-state index is 0.847. The average molecular weight is 343 g/mol. The first-order chi connectivity index (χ1) is 7.70. The highest BCUT2D eigenvalue weighted by Crippen LogP contribution is 2.27. The lowest BCUT2D eigenvalue weighted by atomic mass is 10.1. The standard InChI is InChI=1S/C12H9Br2NO/c1-16-9-4-2-8(3-5-9)12-6-10(13)11(14)7-15-12/h2-7H,1H3. The van der Waals surface area contributed by atoms with Crippen LogP contribution >= 0.6 is 31.9 Å². The molecule has 0 saturated carbocycles. The molecule has 1 heterocycles. The maximum atomic E-state index is 5.11. The molecule has 0 aliphatic rings. The highest BCUT2D eigenvalue weighted by molar-refractivity contribution is 9.13. The second-order valence-corrected chi connectivity index (χ2v) is 4.92. The second-order valence-electron chi connectivity index (χ2n) is 3.21. The monoisotopic (exact) mass is 341 g/mol. The molecule has 0 amide bonds. The Balaban J connectivity index is 2.38. The molecule has 0 atom stereocenters. The van der Waals surface area contributed by atoms with Gasteiger partial charge in [0.2, 0.25) is 0 Å². The van der Waals surface area contributed by atoms with Gasteiger partial charge in [-0.15, -0.1) is 0 Å². The van der Waals surface area contributed by atoms with E-state index in [0.717, 1.165) is 26.0 Å². The van der Waals surface area contributed by atoms with Gasteiger partial charge in [-0.25, -0.2) is 0 Å². The molecule has 0 N–H and O–H groups in total. The number of ether oxygens (including phenoxy) is 1. The molecule has 4 heteroatoms. The van der Waals surface area contributed by atoms with Crippen molar-refractivity contribution >= 4 is 31.9 Å². The van der Waals surface area contributed by atoms with Crippen molar-refractivity contribution in [3.05, 3.63) is 45.5 Å². The van der Waals surface area contributed by atoms with Crippen molar-refractivity contribution in [2.75, 3.05) is 7.11 Å². The molecule has 82 valence electrons. The Bertz CT molecular complexity index is 497. The van der Waals surface area contributed by atoms with E-state index in [1.54, 1.807) is 13.3 Å². The summed E-state index contributed by atoms with van der Waals surface area (Å²) in [5, 5.41) is 0. The predicted octanol–water partition coefficient (Wildman–Crippen LogP) is 4.28. The van der Waals surface area contributed by atoms with Crippen LogP contribution < -0.4 is 4.74 Å². The summed E-state index contributed by atoms with van der Waals surface area (Å²) in [6, 6.07) is 9.80. The van der Waals surface area contributed by atoms with Crippen LogP contribution in [0.25, 0.3) is 11.3 Å². The van der Waals surface area contributed by atoms with E-state index in [0.29, 0.717) is 0 Å². The Morgan fingerprint density at radius 2 is 1.75 bits per heavy atom. The summed E-state index contributed by atoms with van der Waals surface area (Å²) in [5.74, 6) is 0.847. The van der Waals surface area contributed by atoms with Gasteiger partial charge in [0.1, 0.15) is 5.75 Å². The predicted molar refractivity (Wildman–Crippen MR) is 71.6 cm³/mol. The third-order valence-corrected chi connectivity index (χ3v) is 4.01. The largest absolute Gasteiger partial charge is 0.497 e. The lowest BCUT2D eigenvalue weighted by Gasteiger charge is -2.04. The zero-order valence-corrected chi connectivity index (χ0v) is 11.7. The maximum Gasteiger partial charge on any atom is 0.118 e. The SMILES string of the molecule is COc1ccc(-c2cc(Br)c(Br)cn2)cc1. The van der Waals surface area contributed by atoms with Crippen molar-refractivity contribution in [3.8, 4) is 17.0 Å². The lowest BCUT2D eigenvalue weighted by molar-refractivity contribution is 0.415. The number of benzene rings is 1. The first-order valence-electron chi connectivity index (χ1n) is 4.66. The minimum Gasteiger partial charge on any atom is -0.497 e. The van der Waals surface area contributed by atoms with Crippen LogP contribution in [0.1, 0.15) is 0 Å². The van der Waals surface area contributed by atoms with E-state index in [1.165, 1.54) is 0 Å². The topological polar surface area (TPSA) is 22.1 Å². The lowest BCUT2D eigenvalue weighted by Crippen LogP contribution is -1.85. The Morgan fingerprint density at radius 3 is 2.31 bits per heavy atom. The Kier molecular flexibility index (Phi) is 3.61. The summed E-state index contributed by atoms with van der Waals surface area (Å²) in [5.41, 5.74) is 1.99. The molecule has 0 radical (unpaired) electrons. The van der Waals surface area contributed by atoms with E-state index in [9.17, 15) is 0 Å². The van der Waals surface area contributed by atoms with Gasteiger partial charge in [-0.3, -0.25) is 4.98 Å². The van der Waals surface area contributed by atoms with Gasteiger partial charge in [-0.05, 0) is 62.2 Å². The number of rotatable bonds is 2. The first-order valence-corrected chi connectivity index (χ1v) is 6.25. The molecular formula is C12H9Br2NO. The van der Waals surface area contributed by atoms with Crippen LogP contribution in [0.15, 0.2) is 45.5 Å². The summed E-state index contributed by atoms with van der Waals surface area (Å²) in [4.78, 5) is 4.35. The van der Waals surface area contributed by atoms with Crippen LogP contribution in [-0.4, -0.2) is 12.1 Å². The fraction of sp³-hybridized carbons (Fsp3) is 0.0833. The summed E-state index contributed by atoms with van der Waals surface area (Å²) in [6.07, 6.45) is 1.78. The van der Waals surface area contributed by atoms with Gasteiger partial charge in [-0.2, -0.15) is 0 Å². The Morgan fingerprint density at radius 1 is 1.06 bits per heavy atom. The minimum atomic E-state index is 0.847. The van der Waals surface area contributed by atoms with Crippen LogP contribution in [-0.2, 0) is 0 Å². The van der Waals surface area contributed by atoms with Gasteiger partial charge in [0.15, 0.2) is 0 Å². The Hall–Kier alpha value is -0.870. The van der Waals surface area contributed by atoms with Crippen molar-refractivity contribution < 1.29 is 4.74 Å². The van der Waals surface area contributed by atoms with E-state index < -0.39 is 0 Å². The number of hydrogen-bond acceptors (Lipinski definition) is 2. The molecule has 1 aromatic carbocycles. The fourth-order valence-electron chi connectivity index (χ4n) is 1.33. The molecule has 2 aromatic rings. The molecule has 0 aliphatic carbocycles. The Labute approximate surface area is 111 Å². The number of hydrogen-bond donors (Lipinski definition) is 0. The van der Waals surface area contributed by atoms with Gasteiger partial charge in [0.25, 0.3) is 0 Å². The quantitative estimate of drug-likeness (QED) is 0.812. The van der Waals surface area contributed by atoms with Gasteiger partial charge in [0.05, 0.1) is 17.3 Å². The van der Waals surface area contributed by atoms with Crippen molar-refractivity contribution in [1.29, 1.82) is 0 Å². The first kappa shape index (κ1) is 11.6. The molecule has 0 spiro atoms. The number of pyridine rings is 1. The number of methoxy groups -OCH3 is 1. The molecule has 2 nitrogen and oxygen atoms in total. The van der Waals surface area contributed by atoms with Gasteiger partial charge < -0.3 is 4.74 Å². The molecule has 0 aliphatic heterocycles. The molecule has 2 rings (SSSR count). The van der Waals surface area contributed by atoms with Crippen LogP contribution in [0.2, 0.25) is 0 Å². The van der Waals surface area contributed by atoms with Crippen LogP contribution in [0.4, 0.5) is 0 Å². The van der Waals surface area contributed by atoms with Crippen LogP contribution in [0.5, 0.6) is 5.75 Å². The summed E-state index contributed by atoms with van der Waals surface area (Å²) in [6.45, 7) is 0. The molecule has 16 heavy (non-hydrogen) atoms. The van der Waals surface area contributed by atoms with Crippen LogP contribution in [0.3, 0.4) is 0 Å². The van der Waals surface area contributed by atoms with Crippen molar-refractivity contribution in [1.82, 2.24) is 4.98 Å². The summed E-state index contributed by atoms with van der Waals surface area (Å²) >= 11 is 6.86. The van der Waals surface area contributed by atoms with E-state index in [1.807, 2.05) is 30.3 Å². The smallest absolute Gasteiger partial charge is 0.118 e. The molecule has 0 saturated heterocycles. The van der Waals surface area contributed by atoms with Crippen LogP contribution in [0, 0.1) is 0 Å². The van der Waals surface area contributed by atoms with Gasteiger partial charge in [-0.1, -0.05) is 0 Å². The molecule has 0 fully saturated rings. The zero-order valence-electron chi connectivity index (χ0n) is 8.58. The zero-order chi connectivity index (χ0) is 11.5. The molecule has 1 aromatic heterocycles. The number of aromatic nitrogens is 1. The molecule has 0 unspecified atom stereocenters. The maximum absolute atomic E-state index is 5.11. The van der Waals surface area contributed by atoms with E-state index >= 15 is 0 Å². The summed E-state index contributed by atoms with van der Waals surface area (Å²) < 4.78 is 7.05. The fourth-order valence-corrected chi connectivity index (χ4v) is 1.87. The van der Waals surface area contributed by atoms with E-state index in [2.05, 4.69) is 36.8 Å². The van der Waals surface area contributed by atoms with Gasteiger partial charge >= 0.3 is 0 Å². The highest BCUT2D eigenvalue weighted by atomic mass is 79.9. The molecular weight excluding hydrogens is 334 g/mol. The van der Waals surface area contributed by atoms with Crippen molar-refractivity contribution in [3.63, 3.8) is 0 Å². The van der Waals surface area contributed by atoms with E-state index in [-0.39, 0.29) is 0 Å². The third-order valence-electron chi connectivity index (χ3n) is 2.19. The number of nitrogens with zero attached hydrogens (tertiary/aromatic N) is 1. The summed E-state index contributed by atoms with van der Waals surface area (Å²) in [7, 11) is 1.66. The van der Waals surface area contributed by atoms with Crippen molar-refractivity contribution in [2.24, 2.45) is 0 Å². The second kappa shape index (κ2) is 4.97. The third kappa shape index (κ3) is 2.44. The van der Waals surface area contributed by atoms with E-state index in [4.69, 9.17) is 4.74 Å². The normalized spacial score (nSPS) is 10.2. The molecule has 0 bridgehead atoms. The average Bonchev–Trinajstić information content (AvgIpc) is 2.33. The highest BCUT2D eigenvalue weighted by Gasteiger charge is 2.03. The van der Waals surface area contributed by atoms with Gasteiger partial charge in [0, 0.05) is 16.2 Å².